The third kappa shape index (κ3) is 4.67. The Balaban J connectivity index is 1.93. The average Bonchev–Trinajstić information content (AvgIpc) is 2.36. The van der Waals surface area contributed by atoms with Gasteiger partial charge < -0.3 is 14.8 Å². The van der Waals surface area contributed by atoms with Gasteiger partial charge in [0.05, 0.1) is 6.10 Å². The Morgan fingerprint density at radius 2 is 2.21 bits per heavy atom. The molecule has 106 valence electrons. The summed E-state index contributed by atoms with van der Waals surface area (Å²) in [6.45, 7) is 7.56. The maximum atomic E-state index is 5.68. The van der Waals surface area contributed by atoms with Crippen LogP contribution >= 0.6 is 0 Å². The van der Waals surface area contributed by atoms with E-state index in [0.29, 0.717) is 24.5 Å². The molecule has 0 spiro atoms. The van der Waals surface area contributed by atoms with E-state index in [1.807, 2.05) is 26.8 Å². The molecule has 0 bridgehead atoms. The SMILES string of the molecule is Cc1cc(OC(C)C)nc(OCC2CCCCN2)n1. The van der Waals surface area contributed by atoms with E-state index in [9.17, 15) is 0 Å². The highest BCUT2D eigenvalue weighted by atomic mass is 16.5. The molecule has 0 radical (unpaired) electrons. The Labute approximate surface area is 114 Å². The first-order valence-electron chi connectivity index (χ1n) is 7.02. The molecule has 2 heterocycles. The molecule has 1 fully saturated rings. The van der Waals surface area contributed by atoms with Gasteiger partial charge in [0.1, 0.15) is 6.61 Å². The number of piperidine rings is 1. The first kappa shape index (κ1) is 14.1. The van der Waals surface area contributed by atoms with Crippen LogP contribution in [0.1, 0.15) is 38.8 Å². The summed E-state index contributed by atoms with van der Waals surface area (Å²) in [7, 11) is 0. The van der Waals surface area contributed by atoms with Gasteiger partial charge >= 0.3 is 6.01 Å². The third-order valence-corrected chi connectivity index (χ3v) is 2.99. The standard InChI is InChI=1S/C14H23N3O2/c1-10(2)19-13-8-11(3)16-14(17-13)18-9-12-6-4-5-7-15-12/h8,10,12,15H,4-7,9H2,1-3H3. The van der Waals surface area contributed by atoms with Gasteiger partial charge in [-0.25, -0.2) is 4.98 Å². The van der Waals surface area contributed by atoms with E-state index in [-0.39, 0.29) is 6.10 Å². The maximum Gasteiger partial charge on any atom is 0.319 e. The number of ether oxygens (including phenoxy) is 2. The van der Waals surface area contributed by atoms with Crippen LogP contribution in [0.4, 0.5) is 0 Å². The van der Waals surface area contributed by atoms with Crippen molar-refractivity contribution in [1.82, 2.24) is 15.3 Å². The molecule has 0 amide bonds. The predicted octanol–water partition coefficient (Wildman–Crippen LogP) is 2.09. The van der Waals surface area contributed by atoms with Crippen LogP contribution in [0.5, 0.6) is 11.9 Å². The van der Waals surface area contributed by atoms with Crippen LogP contribution in [0.25, 0.3) is 0 Å². The number of nitrogens with zero attached hydrogens (tertiary/aromatic N) is 2. The minimum Gasteiger partial charge on any atom is -0.475 e. The first-order chi connectivity index (χ1) is 9.13. The molecule has 1 aromatic rings. The molecule has 1 saturated heterocycles. The van der Waals surface area contributed by atoms with E-state index >= 15 is 0 Å². The van der Waals surface area contributed by atoms with Gasteiger partial charge in [-0.1, -0.05) is 6.42 Å². The fourth-order valence-corrected chi connectivity index (χ4v) is 2.12. The summed E-state index contributed by atoms with van der Waals surface area (Å²) in [4.78, 5) is 8.56. The molecule has 5 heteroatoms. The normalized spacial score (nSPS) is 19.5. The highest BCUT2D eigenvalue weighted by Gasteiger charge is 2.14. The molecule has 1 unspecified atom stereocenters. The van der Waals surface area contributed by atoms with Gasteiger partial charge in [0.25, 0.3) is 0 Å². The van der Waals surface area contributed by atoms with Crippen molar-refractivity contribution in [2.45, 2.75) is 52.2 Å². The molecule has 1 N–H and O–H groups in total. The number of aromatic nitrogens is 2. The number of hydrogen-bond donors (Lipinski definition) is 1. The monoisotopic (exact) mass is 265 g/mol. The van der Waals surface area contributed by atoms with Crippen LogP contribution in [0, 0.1) is 6.92 Å². The number of hydrogen-bond acceptors (Lipinski definition) is 5. The van der Waals surface area contributed by atoms with Crippen molar-refractivity contribution in [3.05, 3.63) is 11.8 Å². The lowest BCUT2D eigenvalue weighted by atomic mass is 10.1. The lowest BCUT2D eigenvalue weighted by molar-refractivity contribution is 0.207. The van der Waals surface area contributed by atoms with E-state index in [2.05, 4.69) is 15.3 Å². The van der Waals surface area contributed by atoms with Crippen molar-refractivity contribution in [1.29, 1.82) is 0 Å². The average molecular weight is 265 g/mol. The minimum atomic E-state index is 0.0992. The van der Waals surface area contributed by atoms with Gasteiger partial charge in [-0.2, -0.15) is 4.98 Å². The molecule has 0 saturated carbocycles. The van der Waals surface area contributed by atoms with Crippen molar-refractivity contribution < 1.29 is 9.47 Å². The summed E-state index contributed by atoms with van der Waals surface area (Å²) >= 11 is 0. The number of rotatable bonds is 5. The summed E-state index contributed by atoms with van der Waals surface area (Å²) < 4.78 is 11.3. The summed E-state index contributed by atoms with van der Waals surface area (Å²) in [6, 6.07) is 2.64. The van der Waals surface area contributed by atoms with Crippen molar-refractivity contribution in [3.63, 3.8) is 0 Å². The summed E-state index contributed by atoms with van der Waals surface area (Å²) in [5.74, 6) is 0.578. The Bertz CT molecular complexity index is 404. The smallest absolute Gasteiger partial charge is 0.319 e. The van der Waals surface area contributed by atoms with E-state index in [0.717, 1.165) is 18.7 Å². The maximum absolute atomic E-state index is 5.68. The second-order valence-corrected chi connectivity index (χ2v) is 5.25. The zero-order valence-corrected chi connectivity index (χ0v) is 12.0. The molecular weight excluding hydrogens is 242 g/mol. The summed E-state index contributed by atoms with van der Waals surface area (Å²) in [5.41, 5.74) is 0.859. The molecule has 1 aromatic heterocycles. The molecule has 19 heavy (non-hydrogen) atoms. The molecule has 5 nitrogen and oxygen atoms in total. The fraction of sp³-hybridized carbons (Fsp3) is 0.714. The first-order valence-corrected chi connectivity index (χ1v) is 7.02. The van der Waals surface area contributed by atoms with Gasteiger partial charge in [-0.15, -0.1) is 0 Å². The van der Waals surface area contributed by atoms with Gasteiger partial charge in [-0.05, 0) is 40.2 Å². The summed E-state index contributed by atoms with van der Waals surface area (Å²) in [5, 5.41) is 3.44. The molecular formula is C14H23N3O2. The zero-order valence-electron chi connectivity index (χ0n) is 12.0. The highest BCUT2D eigenvalue weighted by Crippen LogP contribution is 2.16. The molecule has 1 aliphatic rings. The predicted molar refractivity (Wildman–Crippen MR) is 73.7 cm³/mol. The fourth-order valence-electron chi connectivity index (χ4n) is 2.12. The summed E-state index contributed by atoms with van der Waals surface area (Å²) in [6.07, 6.45) is 3.77. The Hall–Kier alpha value is -1.36. The molecule has 2 rings (SSSR count). The second kappa shape index (κ2) is 6.70. The lowest BCUT2D eigenvalue weighted by Crippen LogP contribution is -2.38. The Morgan fingerprint density at radius 3 is 2.89 bits per heavy atom. The van der Waals surface area contributed by atoms with Crippen molar-refractivity contribution in [3.8, 4) is 11.9 Å². The topological polar surface area (TPSA) is 56.3 Å². The van der Waals surface area contributed by atoms with Crippen LogP contribution in [-0.2, 0) is 0 Å². The molecule has 1 atom stereocenters. The Kier molecular flexibility index (Phi) is 4.96. The van der Waals surface area contributed by atoms with Crippen molar-refractivity contribution >= 4 is 0 Å². The van der Waals surface area contributed by atoms with Crippen LogP contribution in [-0.4, -0.2) is 35.3 Å². The van der Waals surface area contributed by atoms with Gasteiger partial charge in [0.15, 0.2) is 0 Å². The lowest BCUT2D eigenvalue weighted by Gasteiger charge is -2.23. The van der Waals surface area contributed by atoms with Crippen LogP contribution < -0.4 is 14.8 Å². The van der Waals surface area contributed by atoms with E-state index < -0.39 is 0 Å². The van der Waals surface area contributed by atoms with Crippen LogP contribution in [0.15, 0.2) is 6.07 Å². The van der Waals surface area contributed by atoms with E-state index in [4.69, 9.17) is 9.47 Å². The molecule has 0 aliphatic carbocycles. The zero-order chi connectivity index (χ0) is 13.7. The molecule has 0 aromatic carbocycles. The quantitative estimate of drug-likeness (QED) is 0.883. The van der Waals surface area contributed by atoms with Gasteiger partial charge in [0.2, 0.25) is 5.88 Å². The van der Waals surface area contributed by atoms with Crippen LogP contribution in [0.2, 0.25) is 0 Å². The highest BCUT2D eigenvalue weighted by molar-refractivity contribution is 5.17. The second-order valence-electron chi connectivity index (χ2n) is 5.25. The largest absolute Gasteiger partial charge is 0.475 e. The van der Waals surface area contributed by atoms with Crippen LogP contribution in [0.3, 0.4) is 0 Å². The molecule has 1 aliphatic heterocycles. The van der Waals surface area contributed by atoms with Crippen molar-refractivity contribution in [2.75, 3.05) is 13.2 Å². The van der Waals surface area contributed by atoms with Crippen molar-refractivity contribution in [2.24, 2.45) is 0 Å². The van der Waals surface area contributed by atoms with Gasteiger partial charge in [-0.3, -0.25) is 0 Å². The van der Waals surface area contributed by atoms with E-state index in [1.54, 1.807) is 0 Å². The third-order valence-electron chi connectivity index (χ3n) is 2.99. The van der Waals surface area contributed by atoms with E-state index in [1.165, 1.54) is 12.8 Å². The Morgan fingerprint density at radius 1 is 1.37 bits per heavy atom. The number of aryl methyl sites for hydroxylation is 1. The number of nitrogens with one attached hydrogen (secondary N) is 1. The van der Waals surface area contributed by atoms with Gasteiger partial charge in [0, 0.05) is 17.8 Å². The minimum absolute atomic E-state index is 0.0992.